The highest BCUT2D eigenvalue weighted by molar-refractivity contribution is 6.67. The van der Waals surface area contributed by atoms with Crippen molar-refractivity contribution in [1.82, 2.24) is 4.98 Å². The first-order valence-electron chi connectivity index (χ1n) is 4.33. The summed E-state index contributed by atoms with van der Waals surface area (Å²) in [7, 11) is 0. The van der Waals surface area contributed by atoms with E-state index < -0.39 is 11.9 Å². The van der Waals surface area contributed by atoms with Gasteiger partial charge in [-0.05, 0) is 12.1 Å². The monoisotopic (exact) mass is 225 g/mol. The molecular formula is C9H8ClN3O2. The fourth-order valence-corrected chi connectivity index (χ4v) is 1.58. The number of carbonyl (C=O) groups is 1. The fourth-order valence-electron chi connectivity index (χ4n) is 1.32. The summed E-state index contributed by atoms with van der Waals surface area (Å²) < 4.78 is 0. The van der Waals surface area contributed by atoms with Crippen LogP contribution in [0.5, 0.6) is 0 Å². The minimum atomic E-state index is -0.963. The molecule has 0 aliphatic carbocycles. The van der Waals surface area contributed by atoms with E-state index in [0.29, 0.717) is 0 Å². The maximum Gasteiger partial charge on any atom is 0.315 e. The number of rotatable bonds is 2. The molecule has 0 bridgehead atoms. The van der Waals surface area contributed by atoms with Gasteiger partial charge < -0.3 is 5.11 Å². The molecular weight excluding hydrogens is 218 g/mol. The Bertz CT molecular complexity index is 407. The number of aliphatic carboxylic acids is 1. The van der Waals surface area contributed by atoms with E-state index in [1.807, 2.05) is 0 Å². The van der Waals surface area contributed by atoms with Crippen LogP contribution in [0.1, 0.15) is 0 Å². The highest BCUT2D eigenvalue weighted by Crippen LogP contribution is 2.22. The van der Waals surface area contributed by atoms with Gasteiger partial charge in [0.2, 0.25) is 0 Å². The van der Waals surface area contributed by atoms with Crippen LogP contribution in [-0.2, 0) is 4.79 Å². The molecule has 2 heterocycles. The molecule has 0 fully saturated rings. The smallest absolute Gasteiger partial charge is 0.315 e. The molecule has 1 atom stereocenters. The summed E-state index contributed by atoms with van der Waals surface area (Å²) in [4.78, 5) is 14.7. The van der Waals surface area contributed by atoms with Crippen LogP contribution in [-0.4, -0.2) is 27.8 Å². The van der Waals surface area contributed by atoms with Crippen LogP contribution in [0.15, 0.2) is 29.6 Å². The van der Waals surface area contributed by atoms with Crippen LogP contribution in [0.4, 0.5) is 5.69 Å². The predicted octanol–water partition coefficient (Wildman–Crippen LogP) is 1.15. The van der Waals surface area contributed by atoms with Gasteiger partial charge in [0, 0.05) is 6.20 Å². The molecule has 1 aromatic heterocycles. The molecule has 15 heavy (non-hydrogen) atoms. The number of hydrogen-bond donors (Lipinski definition) is 1. The Balaban J connectivity index is 2.20. The van der Waals surface area contributed by atoms with E-state index in [2.05, 4.69) is 10.1 Å². The lowest BCUT2D eigenvalue weighted by atomic mass is 10.2. The van der Waals surface area contributed by atoms with Crippen LogP contribution in [0.25, 0.3) is 0 Å². The maximum atomic E-state index is 10.8. The summed E-state index contributed by atoms with van der Waals surface area (Å²) in [6.07, 6.45) is 3.25. The minimum absolute atomic E-state index is 0.103. The van der Waals surface area contributed by atoms with Gasteiger partial charge in [-0.25, -0.2) is 0 Å². The fraction of sp³-hybridized carbons (Fsp3) is 0.222. The van der Waals surface area contributed by atoms with Crippen molar-refractivity contribution in [2.75, 3.05) is 11.6 Å². The van der Waals surface area contributed by atoms with Crippen molar-refractivity contribution in [2.45, 2.75) is 0 Å². The molecule has 78 valence electrons. The van der Waals surface area contributed by atoms with Crippen molar-refractivity contribution in [2.24, 2.45) is 11.0 Å². The molecule has 1 unspecified atom stereocenters. The Morgan fingerprint density at radius 1 is 1.67 bits per heavy atom. The molecule has 0 radical (unpaired) electrons. The number of nitrogens with zero attached hydrogens (tertiary/aromatic N) is 3. The third kappa shape index (κ3) is 1.92. The molecule has 2 rings (SSSR count). The average Bonchev–Trinajstić information content (AvgIpc) is 2.62. The van der Waals surface area contributed by atoms with Crippen molar-refractivity contribution < 1.29 is 9.90 Å². The quantitative estimate of drug-likeness (QED) is 0.820. The van der Waals surface area contributed by atoms with Crippen molar-refractivity contribution in [3.8, 4) is 0 Å². The zero-order valence-electron chi connectivity index (χ0n) is 7.67. The Morgan fingerprint density at radius 2 is 2.47 bits per heavy atom. The van der Waals surface area contributed by atoms with E-state index in [4.69, 9.17) is 16.7 Å². The van der Waals surface area contributed by atoms with Crippen LogP contribution in [0.2, 0.25) is 0 Å². The third-order valence-electron chi connectivity index (χ3n) is 2.10. The molecule has 6 heteroatoms. The van der Waals surface area contributed by atoms with E-state index in [1.165, 1.54) is 5.01 Å². The van der Waals surface area contributed by atoms with Gasteiger partial charge in [0.15, 0.2) is 0 Å². The lowest BCUT2D eigenvalue weighted by Crippen LogP contribution is -2.25. The number of carboxylic acids is 1. The lowest BCUT2D eigenvalue weighted by Gasteiger charge is -2.13. The van der Waals surface area contributed by atoms with Crippen LogP contribution >= 0.6 is 11.6 Å². The summed E-state index contributed by atoms with van der Waals surface area (Å²) in [5.41, 5.74) is 0.736. The first-order chi connectivity index (χ1) is 7.18. The van der Waals surface area contributed by atoms with Crippen molar-refractivity contribution in [3.05, 3.63) is 24.5 Å². The van der Waals surface area contributed by atoms with Gasteiger partial charge in [-0.1, -0.05) is 11.6 Å². The number of aromatic nitrogens is 1. The highest BCUT2D eigenvalue weighted by Gasteiger charge is 2.32. The summed E-state index contributed by atoms with van der Waals surface area (Å²) in [6, 6.07) is 3.55. The normalized spacial score (nSPS) is 20.2. The molecule has 0 aromatic carbocycles. The van der Waals surface area contributed by atoms with Gasteiger partial charge in [-0.3, -0.25) is 14.8 Å². The second-order valence-corrected chi connectivity index (χ2v) is 3.49. The summed E-state index contributed by atoms with van der Waals surface area (Å²) in [5, 5.41) is 14.4. The summed E-state index contributed by atoms with van der Waals surface area (Å²) in [5.74, 6) is -1.71. The number of carboxylic acid groups (broad SMARTS) is 1. The molecule has 1 aliphatic heterocycles. The van der Waals surface area contributed by atoms with Crippen molar-refractivity contribution in [3.63, 3.8) is 0 Å². The molecule has 1 N–H and O–H groups in total. The Labute approximate surface area is 91.0 Å². The van der Waals surface area contributed by atoms with Crippen molar-refractivity contribution in [1.29, 1.82) is 0 Å². The summed E-state index contributed by atoms with van der Waals surface area (Å²) >= 11 is 5.72. The zero-order valence-corrected chi connectivity index (χ0v) is 8.42. The molecule has 1 aliphatic rings. The number of hydrogen-bond acceptors (Lipinski definition) is 4. The second-order valence-electron chi connectivity index (χ2n) is 3.11. The first kappa shape index (κ1) is 9.92. The Kier molecular flexibility index (Phi) is 2.55. The number of halogens is 1. The van der Waals surface area contributed by atoms with Gasteiger partial charge in [-0.2, -0.15) is 5.10 Å². The summed E-state index contributed by atoms with van der Waals surface area (Å²) in [6.45, 7) is 0.250. The molecule has 1 aromatic rings. The van der Waals surface area contributed by atoms with Crippen LogP contribution in [0, 0.1) is 5.92 Å². The van der Waals surface area contributed by atoms with E-state index in [1.54, 1.807) is 24.5 Å². The largest absolute Gasteiger partial charge is 0.481 e. The standard InChI is InChI=1S/C9H8ClN3O2/c10-8-7(9(14)15)5-13(12-8)6-2-1-3-11-4-6/h1-4,7H,5H2,(H,14,15). The van der Waals surface area contributed by atoms with Crippen LogP contribution in [0.3, 0.4) is 0 Å². The van der Waals surface area contributed by atoms with Gasteiger partial charge >= 0.3 is 5.97 Å². The molecule has 0 spiro atoms. The van der Waals surface area contributed by atoms with E-state index in [9.17, 15) is 4.79 Å². The lowest BCUT2D eigenvalue weighted by molar-refractivity contribution is -0.138. The van der Waals surface area contributed by atoms with Gasteiger partial charge in [0.1, 0.15) is 11.1 Å². The van der Waals surface area contributed by atoms with Gasteiger partial charge in [0.05, 0.1) is 18.4 Å². The maximum absolute atomic E-state index is 10.8. The minimum Gasteiger partial charge on any atom is -0.481 e. The zero-order chi connectivity index (χ0) is 10.8. The van der Waals surface area contributed by atoms with Gasteiger partial charge in [0.25, 0.3) is 0 Å². The number of anilines is 1. The van der Waals surface area contributed by atoms with E-state index in [-0.39, 0.29) is 11.7 Å². The third-order valence-corrected chi connectivity index (χ3v) is 2.44. The van der Waals surface area contributed by atoms with Gasteiger partial charge in [-0.15, -0.1) is 0 Å². The topological polar surface area (TPSA) is 65.8 Å². The first-order valence-corrected chi connectivity index (χ1v) is 4.70. The predicted molar refractivity (Wildman–Crippen MR) is 56.0 cm³/mol. The van der Waals surface area contributed by atoms with E-state index >= 15 is 0 Å². The van der Waals surface area contributed by atoms with Crippen molar-refractivity contribution >= 4 is 28.4 Å². The number of hydrazone groups is 1. The van der Waals surface area contributed by atoms with Crippen LogP contribution < -0.4 is 5.01 Å². The molecule has 5 nitrogen and oxygen atoms in total. The van der Waals surface area contributed by atoms with E-state index in [0.717, 1.165) is 5.69 Å². The second kappa shape index (κ2) is 3.86. The Hall–Kier alpha value is -1.62. The SMILES string of the molecule is O=C(O)C1CN(c2cccnc2)N=C1Cl. The Morgan fingerprint density at radius 3 is 3.00 bits per heavy atom. The highest BCUT2D eigenvalue weighted by atomic mass is 35.5. The molecule has 0 amide bonds. The molecule has 0 saturated carbocycles. The average molecular weight is 226 g/mol. The number of pyridine rings is 1. The molecule has 0 saturated heterocycles.